The molecule has 0 bridgehead atoms. The van der Waals surface area contributed by atoms with Crippen molar-refractivity contribution in [3.05, 3.63) is 29.3 Å². The highest BCUT2D eigenvalue weighted by Gasteiger charge is 2.33. The second-order valence-corrected chi connectivity index (χ2v) is 8.35. The van der Waals surface area contributed by atoms with Crippen molar-refractivity contribution < 1.29 is 18.0 Å². The van der Waals surface area contributed by atoms with E-state index in [1.807, 2.05) is 26.0 Å². The van der Waals surface area contributed by atoms with Gasteiger partial charge >= 0.3 is 0 Å². The van der Waals surface area contributed by atoms with E-state index in [-0.39, 0.29) is 5.91 Å². The van der Waals surface area contributed by atoms with Crippen molar-refractivity contribution in [1.82, 2.24) is 9.80 Å². The van der Waals surface area contributed by atoms with Crippen molar-refractivity contribution in [2.24, 2.45) is 0 Å². The number of amides is 2. The number of benzene rings is 1. The van der Waals surface area contributed by atoms with E-state index in [0.29, 0.717) is 31.9 Å². The number of hydrogen-bond donors (Lipinski definition) is 0. The Morgan fingerprint density at radius 3 is 2.32 bits per heavy atom. The SMILES string of the molecule is Cc1ccc(C)c(N([C@H](C)C(=O)N2CCN(C=O)CC2)S(C)(=O)=O)c1. The minimum atomic E-state index is -3.64. The van der Waals surface area contributed by atoms with Crippen LogP contribution in [-0.4, -0.2) is 69.0 Å². The molecule has 1 fully saturated rings. The maximum Gasteiger partial charge on any atom is 0.246 e. The molecule has 25 heavy (non-hydrogen) atoms. The quantitative estimate of drug-likeness (QED) is 0.720. The summed E-state index contributed by atoms with van der Waals surface area (Å²) in [6, 6.07) is 4.69. The number of carbonyl (C=O) groups excluding carboxylic acids is 2. The Hall–Kier alpha value is -2.09. The van der Waals surface area contributed by atoms with Crippen LogP contribution in [0.3, 0.4) is 0 Å². The van der Waals surface area contributed by atoms with E-state index in [1.165, 1.54) is 4.31 Å². The molecular formula is C17H25N3O4S. The summed E-state index contributed by atoms with van der Waals surface area (Å²) in [5, 5.41) is 0. The summed E-state index contributed by atoms with van der Waals surface area (Å²) in [4.78, 5) is 26.9. The average molecular weight is 367 g/mol. The highest BCUT2D eigenvalue weighted by molar-refractivity contribution is 7.92. The van der Waals surface area contributed by atoms with Gasteiger partial charge in [0.25, 0.3) is 0 Å². The molecule has 7 nitrogen and oxygen atoms in total. The van der Waals surface area contributed by atoms with E-state index in [2.05, 4.69) is 0 Å². The topological polar surface area (TPSA) is 78.0 Å². The lowest BCUT2D eigenvalue weighted by Gasteiger charge is -2.37. The van der Waals surface area contributed by atoms with E-state index in [9.17, 15) is 18.0 Å². The predicted molar refractivity (Wildman–Crippen MR) is 96.9 cm³/mol. The van der Waals surface area contributed by atoms with Crippen LogP contribution < -0.4 is 4.31 Å². The van der Waals surface area contributed by atoms with Crippen molar-refractivity contribution >= 4 is 28.0 Å². The van der Waals surface area contributed by atoms with Crippen LogP contribution >= 0.6 is 0 Å². The van der Waals surface area contributed by atoms with Crippen LogP contribution in [-0.2, 0) is 19.6 Å². The number of nitrogens with zero attached hydrogens (tertiary/aromatic N) is 3. The number of piperazine rings is 1. The molecule has 1 aliphatic heterocycles. The van der Waals surface area contributed by atoms with Crippen molar-refractivity contribution in [2.45, 2.75) is 26.8 Å². The number of aryl methyl sites for hydroxylation is 2. The van der Waals surface area contributed by atoms with Crippen LogP contribution in [0.4, 0.5) is 5.69 Å². The van der Waals surface area contributed by atoms with Gasteiger partial charge in [-0.15, -0.1) is 0 Å². The fraction of sp³-hybridized carbons (Fsp3) is 0.529. The maximum absolute atomic E-state index is 12.9. The lowest BCUT2D eigenvalue weighted by Crippen LogP contribution is -2.55. The Labute approximate surface area is 149 Å². The Bertz CT molecular complexity index is 755. The van der Waals surface area contributed by atoms with Crippen LogP contribution in [0, 0.1) is 13.8 Å². The zero-order chi connectivity index (χ0) is 18.8. The summed E-state index contributed by atoms with van der Waals surface area (Å²) in [6.07, 6.45) is 1.88. The minimum absolute atomic E-state index is 0.253. The van der Waals surface area contributed by atoms with Crippen molar-refractivity contribution in [1.29, 1.82) is 0 Å². The number of anilines is 1. The van der Waals surface area contributed by atoms with Gasteiger partial charge in [-0.3, -0.25) is 13.9 Å². The number of rotatable bonds is 5. The molecule has 138 valence electrons. The fourth-order valence-corrected chi connectivity index (χ4v) is 4.26. The van der Waals surface area contributed by atoms with Crippen LogP contribution in [0.5, 0.6) is 0 Å². The molecule has 2 amide bonds. The molecule has 0 unspecified atom stereocenters. The van der Waals surface area contributed by atoms with Gasteiger partial charge in [-0.25, -0.2) is 8.42 Å². The van der Waals surface area contributed by atoms with Crippen LogP contribution in [0.15, 0.2) is 18.2 Å². The van der Waals surface area contributed by atoms with Gasteiger partial charge in [-0.05, 0) is 38.0 Å². The number of hydrogen-bond acceptors (Lipinski definition) is 4. The maximum atomic E-state index is 12.9. The molecule has 1 aliphatic rings. The molecule has 0 radical (unpaired) electrons. The average Bonchev–Trinajstić information content (AvgIpc) is 2.56. The molecule has 1 atom stereocenters. The molecule has 0 N–H and O–H groups in total. The lowest BCUT2D eigenvalue weighted by atomic mass is 10.1. The van der Waals surface area contributed by atoms with E-state index in [1.54, 1.807) is 22.8 Å². The molecule has 0 aromatic heterocycles. The molecular weight excluding hydrogens is 342 g/mol. The molecule has 2 rings (SSSR count). The molecule has 1 aromatic carbocycles. The normalized spacial score (nSPS) is 16.5. The van der Waals surface area contributed by atoms with Gasteiger partial charge in [0.05, 0.1) is 11.9 Å². The van der Waals surface area contributed by atoms with Gasteiger partial charge < -0.3 is 9.80 Å². The van der Waals surface area contributed by atoms with E-state index in [0.717, 1.165) is 23.8 Å². The first-order valence-corrected chi connectivity index (χ1v) is 10.0. The Morgan fingerprint density at radius 2 is 1.80 bits per heavy atom. The lowest BCUT2D eigenvalue weighted by molar-refractivity contribution is -0.135. The minimum Gasteiger partial charge on any atom is -0.342 e. The molecule has 0 saturated carbocycles. The smallest absolute Gasteiger partial charge is 0.246 e. The van der Waals surface area contributed by atoms with Crippen LogP contribution in [0.1, 0.15) is 18.1 Å². The largest absolute Gasteiger partial charge is 0.342 e. The standard InChI is InChI=1S/C17H25N3O4S/c1-13-5-6-14(2)16(11-13)20(25(4,23)24)15(3)17(22)19-9-7-18(12-21)8-10-19/h5-6,11-12,15H,7-10H2,1-4H3/t15-/m1/s1. The molecule has 1 heterocycles. The van der Waals surface area contributed by atoms with Gasteiger partial charge in [-0.1, -0.05) is 12.1 Å². The van der Waals surface area contributed by atoms with Crippen LogP contribution in [0.2, 0.25) is 0 Å². The first-order chi connectivity index (χ1) is 11.6. The van der Waals surface area contributed by atoms with E-state index in [4.69, 9.17) is 0 Å². The van der Waals surface area contributed by atoms with Gasteiger partial charge in [-0.2, -0.15) is 0 Å². The van der Waals surface area contributed by atoms with Crippen molar-refractivity contribution in [2.75, 3.05) is 36.7 Å². The molecule has 0 aliphatic carbocycles. The Kier molecular flexibility index (Phi) is 5.72. The second-order valence-electron chi connectivity index (χ2n) is 6.49. The summed E-state index contributed by atoms with van der Waals surface area (Å²) in [5.41, 5.74) is 2.24. The highest BCUT2D eigenvalue weighted by Crippen LogP contribution is 2.27. The van der Waals surface area contributed by atoms with Gasteiger partial charge in [0, 0.05) is 26.2 Å². The van der Waals surface area contributed by atoms with E-state index < -0.39 is 16.1 Å². The number of carbonyl (C=O) groups is 2. The third-order valence-electron chi connectivity index (χ3n) is 4.44. The summed E-state index contributed by atoms with van der Waals surface area (Å²) in [7, 11) is -3.64. The zero-order valence-corrected chi connectivity index (χ0v) is 15.9. The van der Waals surface area contributed by atoms with Crippen molar-refractivity contribution in [3.63, 3.8) is 0 Å². The first kappa shape index (κ1) is 19.2. The molecule has 8 heteroatoms. The van der Waals surface area contributed by atoms with Crippen molar-refractivity contribution in [3.8, 4) is 0 Å². The molecule has 1 aromatic rings. The zero-order valence-electron chi connectivity index (χ0n) is 15.1. The summed E-state index contributed by atoms with van der Waals surface area (Å²) in [5.74, 6) is -0.253. The Balaban J connectivity index is 2.31. The van der Waals surface area contributed by atoms with E-state index >= 15 is 0 Å². The molecule has 1 saturated heterocycles. The summed E-state index contributed by atoms with van der Waals surface area (Å²) < 4.78 is 26.0. The summed E-state index contributed by atoms with van der Waals surface area (Å²) in [6.45, 7) is 7.06. The van der Waals surface area contributed by atoms with Gasteiger partial charge in [0.2, 0.25) is 22.3 Å². The van der Waals surface area contributed by atoms with Gasteiger partial charge in [0.15, 0.2) is 0 Å². The monoisotopic (exact) mass is 367 g/mol. The van der Waals surface area contributed by atoms with Crippen LogP contribution in [0.25, 0.3) is 0 Å². The highest BCUT2D eigenvalue weighted by atomic mass is 32.2. The fourth-order valence-electron chi connectivity index (χ4n) is 3.04. The first-order valence-electron chi connectivity index (χ1n) is 8.20. The second kappa shape index (κ2) is 7.43. The summed E-state index contributed by atoms with van der Waals surface area (Å²) >= 11 is 0. The Morgan fingerprint density at radius 1 is 1.20 bits per heavy atom. The van der Waals surface area contributed by atoms with Gasteiger partial charge in [0.1, 0.15) is 6.04 Å². The third-order valence-corrected chi connectivity index (χ3v) is 5.67. The predicted octanol–water partition coefficient (Wildman–Crippen LogP) is 0.759. The number of sulfonamides is 1. The third kappa shape index (κ3) is 4.31. The molecule has 0 spiro atoms.